The second-order valence-corrected chi connectivity index (χ2v) is 6.23. The van der Waals surface area contributed by atoms with E-state index in [0.29, 0.717) is 18.3 Å². The zero-order valence-corrected chi connectivity index (χ0v) is 14.9. The Kier molecular flexibility index (Phi) is 4.48. The van der Waals surface area contributed by atoms with Crippen LogP contribution in [0.5, 0.6) is 11.5 Å². The summed E-state index contributed by atoms with van der Waals surface area (Å²) >= 11 is 0. The molecule has 0 saturated heterocycles. The van der Waals surface area contributed by atoms with E-state index in [-0.39, 0.29) is 0 Å². The van der Waals surface area contributed by atoms with Gasteiger partial charge in [-0.1, -0.05) is 17.3 Å². The second kappa shape index (κ2) is 7.07. The van der Waals surface area contributed by atoms with Crippen molar-refractivity contribution in [2.24, 2.45) is 0 Å². The number of hydrogen-bond donors (Lipinski definition) is 0. The molecule has 6 nitrogen and oxygen atoms in total. The molecule has 0 spiro atoms. The maximum Gasteiger partial charge on any atom is 0.246 e. The van der Waals surface area contributed by atoms with Gasteiger partial charge in [0, 0.05) is 12.1 Å². The molecule has 1 aromatic heterocycles. The average molecular weight is 351 g/mol. The van der Waals surface area contributed by atoms with Crippen LogP contribution in [0, 0.1) is 0 Å². The number of methoxy groups -OCH3 is 2. The van der Waals surface area contributed by atoms with E-state index in [0.717, 1.165) is 42.1 Å². The number of hydrogen-bond acceptors (Lipinski definition) is 6. The number of para-hydroxylation sites is 1. The van der Waals surface area contributed by atoms with Crippen LogP contribution in [0.1, 0.15) is 17.9 Å². The quantitative estimate of drug-likeness (QED) is 0.698. The van der Waals surface area contributed by atoms with Gasteiger partial charge in [-0.25, -0.2) is 0 Å². The summed E-state index contributed by atoms with van der Waals surface area (Å²) in [6.45, 7) is 1.50. The highest BCUT2D eigenvalue weighted by Gasteiger charge is 2.23. The van der Waals surface area contributed by atoms with Gasteiger partial charge in [0.05, 0.1) is 26.5 Å². The highest BCUT2D eigenvalue weighted by molar-refractivity contribution is 5.65. The van der Waals surface area contributed by atoms with Gasteiger partial charge in [-0.05, 0) is 48.7 Å². The SMILES string of the molecule is COc1ccc(-c2noc(CN3CCCc4cccc(OC)c43)n2)cc1. The number of anilines is 1. The second-order valence-electron chi connectivity index (χ2n) is 6.23. The normalized spacial score (nSPS) is 13.4. The van der Waals surface area contributed by atoms with Crippen molar-refractivity contribution in [3.63, 3.8) is 0 Å². The van der Waals surface area contributed by atoms with Crippen LogP contribution in [-0.4, -0.2) is 30.9 Å². The van der Waals surface area contributed by atoms with E-state index in [2.05, 4.69) is 21.1 Å². The van der Waals surface area contributed by atoms with Crippen molar-refractivity contribution < 1.29 is 14.0 Å². The monoisotopic (exact) mass is 351 g/mol. The van der Waals surface area contributed by atoms with Crippen LogP contribution in [0.2, 0.25) is 0 Å². The Morgan fingerprint density at radius 1 is 1.08 bits per heavy atom. The van der Waals surface area contributed by atoms with Gasteiger partial charge < -0.3 is 18.9 Å². The average Bonchev–Trinajstić information content (AvgIpc) is 3.16. The summed E-state index contributed by atoms with van der Waals surface area (Å²) in [7, 11) is 3.35. The Bertz CT molecular complexity index is 875. The number of rotatable bonds is 5. The van der Waals surface area contributed by atoms with E-state index in [4.69, 9.17) is 14.0 Å². The summed E-state index contributed by atoms with van der Waals surface area (Å²) in [6.07, 6.45) is 2.16. The first-order valence-corrected chi connectivity index (χ1v) is 8.66. The molecule has 6 heteroatoms. The van der Waals surface area contributed by atoms with Crippen LogP contribution in [0.4, 0.5) is 5.69 Å². The first kappa shape index (κ1) is 16.4. The minimum Gasteiger partial charge on any atom is -0.497 e. The van der Waals surface area contributed by atoms with Crippen molar-refractivity contribution in [2.75, 3.05) is 25.7 Å². The number of aromatic nitrogens is 2. The maximum atomic E-state index is 5.56. The maximum absolute atomic E-state index is 5.56. The van der Waals surface area contributed by atoms with Gasteiger partial charge in [0.15, 0.2) is 0 Å². The molecule has 2 aromatic carbocycles. The minimum absolute atomic E-state index is 0.566. The van der Waals surface area contributed by atoms with Gasteiger partial charge in [0.25, 0.3) is 0 Å². The van der Waals surface area contributed by atoms with Crippen LogP contribution in [0.25, 0.3) is 11.4 Å². The van der Waals surface area contributed by atoms with Gasteiger partial charge >= 0.3 is 0 Å². The molecule has 134 valence electrons. The molecule has 0 fully saturated rings. The molecule has 0 bridgehead atoms. The largest absolute Gasteiger partial charge is 0.497 e. The molecule has 0 atom stereocenters. The molecule has 26 heavy (non-hydrogen) atoms. The summed E-state index contributed by atoms with van der Waals surface area (Å²) in [5, 5.41) is 4.12. The van der Waals surface area contributed by atoms with Gasteiger partial charge in [0.2, 0.25) is 11.7 Å². The zero-order chi connectivity index (χ0) is 17.9. The minimum atomic E-state index is 0.566. The van der Waals surface area contributed by atoms with E-state index in [9.17, 15) is 0 Å². The molecule has 0 unspecified atom stereocenters. The number of nitrogens with zero attached hydrogens (tertiary/aromatic N) is 3. The Hall–Kier alpha value is -3.02. The van der Waals surface area contributed by atoms with Crippen molar-refractivity contribution in [3.05, 3.63) is 53.9 Å². The topological polar surface area (TPSA) is 60.6 Å². The van der Waals surface area contributed by atoms with Gasteiger partial charge in [-0.15, -0.1) is 0 Å². The van der Waals surface area contributed by atoms with Crippen molar-refractivity contribution in [3.8, 4) is 22.9 Å². The summed E-state index contributed by atoms with van der Waals surface area (Å²) in [5.74, 6) is 2.86. The van der Waals surface area contributed by atoms with Crippen molar-refractivity contribution in [1.82, 2.24) is 10.1 Å². The number of benzene rings is 2. The van der Waals surface area contributed by atoms with E-state index in [1.54, 1.807) is 14.2 Å². The molecule has 2 heterocycles. The van der Waals surface area contributed by atoms with Gasteiger partial charge in [0.1, 0.15) is 11.5 Å². The van der Waals surface area contributed by atoms with Crippen LogP contribution in [0.3, 0.4) is 0 Å². The molecule has 3 aromatic rings. The molecular weight excluding hydrogens is 330 g/mol. The zero-order valence-electron chi connectivity index (χ0n) is 14.9. The lowest BCUT2D eigenvalue weighted by atomic mass is 10.0. The first-order valence-electron chi connectivity index (χ1n) is 8.66. The van der Waals surface area contributed by atoms with Crippen molar-refractivity contribution >= 4 is 5.69 Å². The predicted octanol–water partition coefficient (Wildman–Crippen LogP) is 3.71. The van der Waals surface area contributed by atoms with Crippen molar-refractivity contribution in [2.45, 2.75) is 19.4 Å². The third-order valence-corrected chi connectivity index (χ3v) is 4.64. The smallest absolute Gasteiger partial charge is 0.246 e. The lowest BCUT2D eigenvalue weighted by Gasteiger charge is -2.31. The molecule has 0 radical (unpaired) electrons. The van der Waals surface area contributed by atoms with E-state index >= 15 is 0 Å². The molecule has 0 amide bonds. The fourth-order valence-corrected chi connectivity index (χ4v) is 3.36. The predicted molar refractivity (Wildman–Crippen MR) is 98.7 cm³/mol. The van der Waals surface area contributed by atoms with E-state index in [1.165, 1.54) is 5.56 Å². The van der Waals surface area contributed by atoms with Gasteiger partial charge in [-0.2, -0.15) is 4.98 Å². The molecule has 1 aliphatic rings. The number of aryl methyl sites for hydroxylation is 1. The molecule has 0 N–H and O–H groups in total. The van der Waals surface area contributed by atoms with E-state index < -0.39 is 0 Å². The highest BCUT2D eigenvalue weighted by atomic mass is 16.5. The van der Waals surface area contributed by atoms with Crippen LogP contribution < -0.4 is 14.4 Å². The standard InChI is InChI=1S/C20H21N3O3/c1-24-16-10-8-15(9-11-16)20-21-18(26-22-20)13-23-12-4-6-14-5-3-7-17(25-2)19(14)23/h3,5,7-11H,4,6,12-13H2,1-2H3. The lowest BCUT2D eigenvalue weighted by molar-refractivity contribution is 0.373. The molecule has 4 rings (SSSR count). The number of ether oxygens (including phenoxy) is 2. The van der Waals surface area contributed by atoms with Gasteiger partial charge in [-0.3, -0.25) is 0 Å². The third kappa shape index (κ3) is 3.10. The third-order valence-electron chi connectivity index (χ3n) is 4.64. The van der Waals surface area contributed by atoms with Crippen LogP contribution in [-0.2, 0) is 13.0 Å². The fraction of sp³-hybridized carbons (Fsp3) is 0.300. The number of fused-ring (bicyclic) bond motifs is 1. The molecular formula is C20H21N3O3. The van der Waals surface area contributed by atoms with Crippen molar-refractivity contribution in [1.29, 1.82) is 0 Å². The summed E-state index contributed by atoms with van der Waals surface area (Å²) in [6, 6.07) is 13.8. The molecule has 0 saturated carbocycles. The Morgan fingerprint density at radius 2 is 1.92 bits per heavy atom. The van der Waals surface area contributed by atoms with Crippen LogP contribution in [0.15, 0.2) is 47.0 Å². The Labute approximate surface area is 152 Å². The Balaban J connectivity index is 1.57. The molecule has 1 aliphatic heterocycles. The lowest BCUT2D eigenvalue weighted by Crippen LogP contribution is -2.29. The van der Waals surface area contributed by atoms with E-state index in [1.807, 2.05) is 36.4 Å². The summed E-state index contributed by atoms with van der Waals surface area (Å²) < 4.78 is 16.2. The first-order chi connectivity index (χ1) is 12.8. The summed E-state index contributed by atoms with van der Waals surface area (Å²) in [4.78, 5) is 6.81. The summed E-state index contributed by atoms with van der Waals surface area (Å²) in [5.41, 5.74) is 3.33. The molecule has 0 aliphatic carbocycles. The Morgan fingerprint density at radius 3 is 2.69 bits per heavy atom. The highest BCUT2D eigenvalue weighted by Crippen LogP contribution is 2.36. The van der Waals surface area contributed by atoms with Crippen LogP contribution >= 0.6 is 0 Å². The fourth-order valence-electron chi connectivity index (χ4n) is 3.36.